The van der Waals surface area contributed by atoms with Gasteiger partial charge in [0.1, 0.15) is 5.69 Å². The number of thiophene rings is 1. The van der Waals surface area contributed by atoms with Gasteiger partial charge >= 0.3 is 5.97 Å². The second-order valence-corrected chi connectivity index (χ2v) is 5.96. The molecule has 21 heavy (non-hydrogen) atoms. The Morgan fingerprint density at radius 1 is 1.29 bits per heavy atom. The summed E-state index contributed by atoms with van der Waals surface area (Å²) in [5.74, 6) is -1.01. The fourth-order valence-corrected chi connectivity index (χ4v) is 2.99. The zero-order chi connectivity index (χ0) is 14.8. The molecule has 0 amide bonds. The van der Waals surface area contributed by atoms with Gasteiger partial charge in [-0.1, -0.05) is 29.8 Å². The van der Waals surface area contributed by atoms with Gasteiger partial charge in [-0.25, -0.2) is 4.79 Å². The minimum atomic E-state index is -1.01. The maximum Gasteiger partial charge on any atom is 0.354 e. The van der Waals surface area contributed by atoms with Crippen LogP contribution in [0.1, 0.15) is 20.9 Å². The molecule has 2 N–H and O–H groups in total. The SMILES string of the molecule is O=C(O)c1[nH]nc(-c2ccc(Cl)cc2)c1Cc1cccs1. The molecule has 0 bridgehead atoms. The molecule has 0 aliphatic rings. The third kappa shape index (κ3) is 2.84. The van der Waals surface area contributed by atoms with Crippen molar-refractivity contribution < 1.29 is 9.90 Å². The molecule has 3 rings (SSSR count). The van der Waals surface area contributed by atoms with E-state index in [0.717, 1.165) is 10.4 Å². The third-order valence-corrected chi connectivity index (χ3v) is 4.26. The zero-order valence-electron chi connectivity index (χ0n) is 10.8. The molecule has 0 fully saturated rings. The maximum absolute atomic E-state index is 11.4. The summed E-state index contributed by atoms with van der Waals surface area (Å²) >= 11 is 7.48. The predicted octanol–water partition coefficient (Wildman–Crippen LogP) is 4.08. The van der Waals surface area contributed by atoms with Crippen LogP contribution in [0.15, 0.2) is 41.8 Å². The number of rotatable bonds is 4. The van der Waals surface area contributed by atoms with Gasteiger partial charge in [0.15, 0.2) is 0 Å². The molecule has 0 saturated carbocycles. The van der Waals surface area contributed by atoms with Crippen LogP contribution in [0.4, 0.5) is 0 Å². The van der Waals surface area contributed by atoms with E-state index in [1.807, 2.05) is 29.6 Å². The molecule has 0 spiro atoms. The quantitative estimate of drug-likeness (QED) is 0.761. The van der Waals surface area contributed by atoms with E-state index in [2.05, 4.69) is 10.2 Å². The van der Waals surface area contributed by atoms with Gasteiger partial charge < -0.3 is 5.11 Å². The van der Waals surface area contributed by atoms with Gasteiger partial charge in [0.25, 0.3) is 0 Å². The van der Waals surface area contributed by atoms with E-state index in [9.17, 15) is 9.90 Å². The highest BCUT2D eigenvalue weighted by Gasteiger charge is 2.20. The van der Waals surface area contributed by atoms with Crippen molar-refractivity contribution in [1.29, 1.82) is 0 Å². The lowest BCUT2D eigenvalue weighted by atomic mass is 10.0. The average Bonchev–Trinajstić information content (AvgIpc) is 3.10. The Labute approximate surface area is 130 Å². The average molecular weight is 319 g/mol. The molecule has 2 heterocycles. The minimum Gasteiger partial charge on any atom is -0.477 e. The van der Waals surface area contributed by atoms with Gasteiger partial charge in [-0.15, -0.1) is 11.3 Å². The lowest BCUT2D eigenvalue weighted by molar-refractivity contribution is 0.0689. The zero-order valence-corrected chi connectivity index (χ0v) is 12.4. The predicted molar refractivity (Wildman–Crippen MR) is 83.1 cm³/mol. The van der Waals surface area contributed by atoms with Gasteiger partial charge in [-0.3, -0.25) is 5.10 Å². The molecular formula is C15H11ClN2O2S. The van der Waals surface area contributed by atoms with Crippen molar-refractivity contribution in [3.63, 3.8) is 0 Å². The number of nitrogens with one attached hydrogen (secondary N) is 1. The van der Waals surface area contributed by atoms with Crippen LogP contribution in [0.2, 0.25) is 5.02 Å². The highest BCUT2D eigenvalue weighted by molar-refractivity contribution is 7.09. The smallest absolute Gasteiger partial charge is 0.354 e. The van der Waals surface area contributed by atoms with E-state index in [1.54, 1.807) is 23.5 Å². The Morgan fingerprint density at radius 3 is 2.67 bits per heavy atom. The van der Waals surface area contributed by atoms with E-state index >= 15 is 0 Å². The topological polar surface area (TPSA) is 66.0 Å². The number of benzene rings is 1. The van der Waals surface area contributed by atoms with Crippen molar-refractivity contribution in [2.45, 2.75) is 6.42 Å². The van der Waals surface area contributed by atoms with Crippen molar-refractivity contribution >= 4 is 28.9 Å². The molecule has 0 saturated heterocycles. The van der Waals surface area contributed by atoms with E-state index in [0.29, 0.717) is 22.7 Å². The van der Waals surface area contributed by atoms with Crippen LogP contribution in [0.25, 0.3) is 11.3 Å². The number of aromatic nitrogens is 2. The summed E-state index contributed by atoms with van der Waals surface area (Å²) in [7, 11) is 0. The number of halogens is 1. The van der Waals surface area contributed by atoms with Crippen LogP contribution < -0.4 is 0 Å². The molecule has 0 aliphatic carbocycles. The summed E-state index contributed by atoms with van der Waals surface area (Å²) in [6.45, 7) is 0. The molecule has 106 valence electrons. The molecular weight excluding hydrogens is 308 g/mol. The number of hydrogen-bond donors (Lipinski definition) is 2. The molecule has 0 atom stereocenters. The number of aromatic amines is 1. The fraction of sp³-hybridized carbons (Fsp3) is 0.0667. The van der Waals surface area contributed by atoms with Crippen LogP contribution in [0, 0.1) is 0 Å². The molecule has 1 aromatic carbocycles. The Morgan fingerprint density at radius 2 is 2.05 bits per heavy atom. The van der Waals surface area contributed by atoms with Crippen molar-refractivity contribution in [2.24, 2.45) is 0 Å². The van der Waals surface area contributed by atoms with Crippen molar-refractivity contribution in [2.75, 3.05) is 0 Å². The van der Waals surface area contributed by atoms with Gasteiger partial charge in [0, 0.05) is 27.4 Å². The molecule has 6 heteroatoms. The van der Waals surface area contributed by atoms with E-state index < -0.39 is 5.97 Å². The van der Waals surface area contributed by atoms with E-state index in [4.69, 9.17) is 11.6 Å². The van der Waals surface area contributed by atoms with Crippen molar-refractivity contribution in [3.8, 4) is 11.3 Å². The first-order valence-corrected chi connectivity index (χ1v) is 7.50. The van der Waals surface area contributed by atoms with Crippen molar-refractivity contribution in [3.05, 3.63) is 62.9 Å². The number of nitrogens with zero attached hydrogens (tertiary/aromatic N) is 1. The Hall–Kier alpha value is -2.11. The first-order valence-electron chi connectivity index (χ1n) is 6.24. The normalized spacial score (nSPS) is 10.7. The first kappa shape index (κ1) is 13.9. The number of carboxylic acid groups (broad SMARTS) is 1. The lowest BCUT2D eigenvalue weighted by Gasteiger charge is -2.03. The monoisotopic (exact) mass is 318 g/mol. The second-order valence-electron chi connectivity index (χ2n) is 4.49. The fourth-order valence-electron chi connectivity index (χ4n) is 2.15. The third-order valence-electron chi connectivity index (χ3n) is 3.13. The summed E-state index contributed by atoms with van der Waals surface area (Å²) < 4.78 is 0. The number of aromatic carboxylic acids is 1. The van der Waals surface area contributed by atoms with Gasteiger partial charge in [0.05, 0.1) is 5.69 Å². The molecule has 0 aliphatic heterocycles. The van der Waals surface area contributed by atoms with Crippen LogP contribution in [-0.2, 0) is 6.42 Å². The minimum absolute atomic E-state index is 0.133. The largest absolute Gasteiger partial charge is 0.477 e. The Kier molecular flexibility index (Phi) is 3.77. The Balaban J connectivity index is 2.08. The summed E-state index contributed by atoms with van der Waals surface area (Å²) in [6, 6.07) is 11.1. The first-order chi connectivity index (χ1) is 10.1. The molecule has 0 radical (unpaired) electrons. The maximum atomic E-state index is 11.4. The van der Waals surface area contributed by atoms with Gasteiger partial charge in [-0.05, 0) is 23.6 Å². The van der Waals surface area contributed by atoms with E-state index in [1.165, 1.54) is 0 Å². The number of carbonyl (C=O) groups is 1. The Bertz CT molecular complexity index is 764. The lowest BCUT2D eigenvalue weighted by Crippen LogP contribution is -2.02. The van der Waals surface area contributed by atoms with Crippen molar-refractivity contribution in [1.82, 2.24) is 10.2 Å². The molecule has 2 aromatic heterocycles. The number of hydrogen-bond acceptors (Lipinski definition) is 3. The molecule has 0 unspecified atom stereocenters. The van der Waals surface area contributed by atoms with Gasteiger partial charge in [-0.2, -0.15) is 5.10 Å². The highest BCUT2D eigenvalue weighted by Crippen LogP contribution is 2.28. The van der Waals surface area contributed by atoms with Crippen LogP contribution in [-0.4, -0.2) is 21.3 Å². The highest BCUT2D eigenvalue weighted by atomic mass is 35.5. The van der Waals surface area contributed by atoms with Crippen LogP contribution in [0.3, 0.4) is 0 Å². The van der Waals surface area contributed by atoms with Crippen LogP contribution >= 0.6 is 22.9 Å². The summed E-state index contributed by atoms with van der Waals surface area (Å²) in [6.07, 6.45) is 0.535. The second kappa shape index (κ2) is 5.71. The van der Waals surface area contributed by atoms with E-state index in [-0.39, 0.29) is 5.69 Å². The standard InChI is InChI=1S/C15H11ClN2O2S/c16-10-5-3-9(4-6-10)13-12(8-11-2-1-7-21-11)14(15(19)20)18-17-13/h1-7H,8H2,(H,17,18)(H,19,20). The molecule has 4 nitrogen and oxygen atoms in total. The number of carboxylic acids is 1. The van der Waals surface area contributed by atoms with Crippen LogP contribution in [0.5, 0.6) is 0 Å². The summed E-state index contributed by atoms with van der Waals surface area (Å²) in [5.41, 5.74) is 2.31. The summed E-state index contributed by atoms with van der Waals surface area (Å²) in [5, 5.41) is 18.7. The van der Waals surface area contributed by atoms with Gasteiger partial charge in [0.2, 0.25) is 0 Å². The molecule has 3 aromatic rings. The number of H-pyrrole nitrogens is 1. The summed E-state index contributed by atoms with van der Waals surface area (Å²) in [4.78, 5) is 12.5.